The second kappa shape index (κ2) is 11.2. The molecule has 1 heterocycles. The van der Waals surface area contributed by atoms with Gasteiger partial charge >= 0.3 is 12.1 Å². The first-order valence-electron chi connectivity index (χ1n) is 11.0. The van der Waals surface area contributed by atoms with E-state index in [2.05, 4.69) is 10.6 Å². The Morgan fingerprint density at radius 3 is 2.18 bits per heavy atom. The van der Waals surface area contributed by atoms with Crippen LogP contribution in [0.2, 0.25) is 0 Å². The minimum absolute atomic E-state index is 0.134. The van der Waals surface area contributed by atoms with E-state index in [-0.39, 0.29) is 25.3 Å². The number of ether oxygens (including phenoxy) is 2. The van der Waals surface area contributed by atoms with Crippen LogP contribution in [0.15, 0.2) is 84.9 Å². The number of amides is 3. The third-order valence-corrected chi connectivity index (χ3v) is 5.35. The topological polar surface area (TPSA) is 79.9 Å². The van der Waals surface area contributed by atoms with Gasteiger partial charge in [0, 0.05) is 23.5 Å². The molecule has 0 bridgehead atoms. The molecule has 0 radical (unpaired) electrons. The van der Waals surface area contributed by atoms with Crippen molar-refractivity contribution in [3.63, 3.8) is 0 Å². The fourth-order valence-electron chi connectivity index (χ4n) is 3.81. The molecule has 1 aliphatic heterocycles. The Morgan fingerprint density at radius 2 is 1.45 bits per heavy atom. The third kappa shape index (κ3) is 6.11. The predicted octanol–water partition coefficient (Wildman–Crippen LogP) is 5.83. The first-order chi connectivity index (χ1) is 16.2. The Bertz CT molecular complexity index is 1060. The fourth-order valence-corrected chi connectivity index (χ4v) is 3.81. The SMILES string of the molecule is O=C(Nc1ccccc1)OCCOC1CCCN(C(=O)Nc2ccccc2)c2ccccc21. The van der Waals surface area contributed by atoms with Crippen molar-refractivity contribution < 1.29 is 19.1 Å². The quantitative estimate of drug-likeness (QED) is 0.468. The van der Waals surface area contributed by atoms with Gasteiger partial charge in [0.1, 0.15) is 6.61 Å². The van der Waals surface area contributed by atoms with Crippen molar-refractivity contribution in [2.45, 2.75) is 18.9 Å². The molecule has 7 nitrogen and oxygen atoms in total. The molecule has 0 aromatic heterocycles. The molecule has 0 aliphatic carbocycles. The second-order valence-electron chi connectivity index (χ2n) is 7.64. The number of carbonyl (C=O) groups excluding carboxylic acids is 2. The zero-order chi connectivity index (χ0) is 22.9. The van der Waals surface area contributed by atoms with Gasteiger partial charge in [-0.05, 0) is 43.2 Å². The molecule has 2 N–H and O–H groups in total. The third-order valence-electron chi connectivity index (χ3n) is 5.35. The predicted molar refractivity (Wildman–Crippen MR) is 129 cm³/mol. The van der Waals surface area contributed by atoms with Crippen LogP contribution in [0.5, 0.6) is 0 Å². The van der Waals surface area contributed by atoms with Gasteiger partial charge in [-0.25, -0.2) is 9.59 Å². The molecular weight excluding hydrogens is 418 g/mol. The van der Waals surface area contributed by atoms with Crippen molar-refractivity contribution >= 4 is 29.2 Å². The lowest BCUT2D eigenvalue weighted by Crippen LogP contribution is -2.35. The first kappa shape index (κ1) is 22.4. The lowest BCUT2D eigenvalue weighted by atomic mass is 10.0. The number of benzene rings is 3. The standard InChI is InChI=1S/C26H27N3O4/c30-25(27-20-10-3-1-4-11-20)29-17-9-16-24(22-14-7-8-15-23(22)29)32-18-19-33-26(31)28-21-12-5-2-6-13-21/h1-8,10-15,24H,9,16-19H2,(H,27,30)(H,28,31). The Labute approximate surface area is 193 Å². The summed E-state index contributed by atoms with van der Waals surface area (Å²) in [5, 5.41) is 5.64. The lowest BCUT2D eigenvalue weighted by Gasteiger charge is -2.24. The maximum Gasteiger partial charge on any atom is 0.411 e. The maximum atomic E-state index is 13.0. The summed E-state index contributed by atoms with van der Waals surface area (Å²) in [6.45, 7) is 0.985. The van der Waals surface area contributed by atoms with E-state index in [0.717, 1.165) is 29.8 Å². The van der Waals surface area contributed by atoms with Crippen LogP contribution in [0.25, 0.3) is 0 Å². The van der Waals surface area contributed by atoms with Crippen molar-refractivity contribution in [3.05, 3.63) is 90.5 Å². The van der Waals surface area contributed by atoms with Crippen LogP contribution in [-0.4, -0.2) is 31.9 Å². The molecule has 1 unspecified atom stereocenters. The number of rotatable bonds is 6. The molecule has 0 saturated carbocycles. The molecule has 7 heteroatoms. The van der Waals surface area contributed by atoms with Crippen molar-refractivity contribution in [2.24, 2.45) is 0 Å². The molecular formula is C26H27N3O4. The van der Waals surface area contributed by atoms with Gasteiger partial charge in [0.25, 0.3) is 0 Å². The number of urea groups is 1. The van der Waals surface area contributed by atoms with Gasteiger partial charge in [-0.15, -0.1) is 0 Å². The highest BCUT2D eigenvalue weighted by Gasteiger charge is 2.27. The second-order valence-corrected chi connectivity index (χ2v) is 7.64. The molecule has 0 spiro atoms. The van der Waals surface area contributed by atoms with Gasteiger partial charge in [0.2, 0.25) is 0 Å². The van der Waals surface area contributed by atoms with E-state index >= 15 is 0 Å². The van der Waals surface area contributed by atoms with E-state index in [4.69, 9.17) is 9.47 Å². The summed E-state index contributed by atoms with van der Waals surface area (Å²) >= 11 is 0. The molecule has 3 aromatic carbocycles. The van der Waals surface area contributed by atoms with Gasteiger partial charge < -0.3 is 14.8 Å². The molecule has 0 saturated heterocycles. The average Bonchev–Trinajstić information content (AvgIpc) is 3.03. The van der Waals surface area contributed by atoms with E-state index in [0.29, 0.717) is 12.2 Å². The molecule has 0 fully saturated rings. The minimum atomic E-state index is -0.519. The van der Waals surface area contributed by atoms with Crippen LogP contribution >= 0.6 is 0 Å². The van der Waals surface area contributed by atoms with Crippen LogP contribution in [-0.2, 0) is 9.47 Å². The molecule has 3 aromatic rings. The largest absolute Gasteiger partial charge is 0.447 e. The Morgan fingerprint density at radius 1 is 0.818 bits per heavy atom. The summed E-state index contributed by atoms with van der Waals surface area (Å²) in [5.74, 6) is 0. The Kier molecular flexibility index (Phi) is 7.56. The highest BCUT2D eigenvalue weighted by Crippen LogP contribution is 2.35. The van der Waals surface area contributed by atoms with Crippen LogP contribution in [0.3, 0.4) is 0 Å². The molecule has 1 atom stereocenters. The minimum Gasteiger partial charge on any atom is -0.447 e. The van der Waals surface area contributed by atoms with Crippen LogP contribution in [0.4, 0.5) is 26.7 Å². The summed E-state index contributed by atoms with van der Waals surface area (Å²) in [7, 11) is 0. The zero-order valence-electron chi connectivity index (χ0n) is 18.3. The summed E-state index contributed by atoms with van der Waals surface area (Å²) in [4.78, 5) is 26.7. The number of para-hydroxylation sites is 3. The van der Waals surface area contributed by atoms with Crippen molar-refractivity contribution in [3.8, 4) is 0 Å². The van der Waals surface area contributed by atoms with Gasteiger partial charge in [0.15, 0.2) is 0 Å². The highest BCUT2D eigenvalue weighted by atomic mass is 16.6. The molecule has 170 valence electrons. The van der Waals surface area contributed by atoms with Crippen LogP contribution < -0.4 is 15.5 Å². The lowest BCUT2D eigenvalue weighted by molar-refractivity contribution is 0.0195. The molecule has 3 amide bonds. The van der Waals surface area contributed by atoms with E-state index in [1.165, 1.54) is 0 Å². The summed E-state index contributed by atoms with van der Waals surface area (Å²) in [5.41, 5.74) is 3.21. The van der Waals surface area contributed by atoms with Gasteiger partial charge in [-0.1, -0.05) is 54.6 Å². The highest BCUT2D eigenvalue weighted by molar-refractivity contribution is 6.02. The Hall–Kier alpha value is -3.84. The average molecular weight is 446 g/mol. The zero-order valence-corrected chi connectivity index (χ0v) is 18.3. The van der Waals surface area contributed by atoms with Crippen molar-refractivity contribution in [1.82, 2.24) is 0 Å². The molecule has 4 rings (SSSR count). The number of anilines is 3. The van der Waals surface area contributed by atoms with E-state index in [9.17, 15) is 9.59 Å². The summed E-state index contributed by atoms with van der Waals surface area (Å²) in [6.07, 6.45) is 0.852. The van der Waals surface area contributed by atoms with E-state index < -0.39 is 6.09 Å². The summed E-state index contributed by atoms with van der Waals surface area (Å²) < 4.78 is 11.3. The monoisotopic (exact) mass is 445 g/mol. The molecule has 1 aliphatic rings. The van der Waals surface area contributed by atoms with Gasteiger partial charge in [0.05, 0.1) is 18.4 Å². The Balaban J connectivity index is 1.34. The number of nitrogens with zero attached hydrogens (tertiary/aromatic N) is 1. The van der Waals surface area contributed by atoms with Crippen LogP contribution in [0.1, 0.15) is 24.5 Å². The number of hydrogen-bond acceptors (Lipinski definition) is 4. The number of fused-ring (bicyclic) bond motifs is 1. The maximum absolute atomic E-state index is 13.0. The van der Waals surface area contributed by atoms with Crippen molar-refractivity contribution in [2.75, 3.05) is 35.3 Å². The molecule has 33 heavy (non-hydrogen) atoms. The van der Waals surface area contributed by atoms with Crippen molar-refractivity contribution in [1.29, 1.82) is 0 Å². The van der Waals surface area contributed by atoms with Gasteiger partial charge in [-0.3, -0.25) is 10.2 Å². The first-order valence-corrected chi connectivity index (χ1v) is 11.0. The van der Waals surface area contributed by atoms with E-state index in [1.54, 1.807) is 17.0 Å². The smallest absolute Gasteiger partial charge is 0.411 e. The van der Waals surface area contributed by atoms with Gasteiger partial charge in [-0.2, -0.15) is 0 Å². The van der Waals surface area contributed by atoms with E-state index in [1.807, 2.05) is 72.8 Å². The normalized spacial score (nSPS) is 15.2. The summed E-state index contributed by atoms with van der Waals surface area (Å²) in [6, 6.07) is 26.2. The number of nitrogens with one attached hydrogen (secondary N) is 2. The fraction of sp³-hybridized carbons (Fsp3) is 0.231. The van der Waals surface area contributed by atoms with Crippen LogP contribution in [0, 0.1) is 0 Å². The number of hydrogen-bond donors (Lipinski definition) is 2. The number of carbonyl (C=O) groups is 2.